The number of fused-ring (bicyclic) bond motifs is 4. The fourth-order valence-electron chi connectivity index (χ4n) is 5.59. The zero-order valence-electron chi connectivity index (χ0n) is 20.9. The third-order valence-electron chi connectivity index (χ3n) is 8.16. The fraction of sp³-hybridized carbons (Fsp3) is 0.423. The van der Waals surface area contributed by atoms with E-state index in [1.807, 2.05) is 0 Å². The van der Waals surface area contributed by atoms with E-state index in [0.29, 0.717) is 50.7 Å². The molecule has 2 aromatic heterocycles. The number of nitrogens with one attached hydrogen (secondary N) is 2. The molecule has 0 atom stereocenters. The summed E-state index contributed by atoms with van der Waals surface area (Å²) in [4.78, 5) is 41.6. The Balaban J connectivity index is 1.32. The lowest BCUT2D eigenvalue weighted by Crippen LogP contribution is -2.50. The van der Waals surface area contributed by atoms with Gasteiger partial charge in [-0.15, -0.1) is 0 Å². The van der Waals surface area contributed by atoms with Gasteiger partial charge >= 0.3 is 12.1 Å². The third-order valence-corrected chi connectivity index (χ3v) is 8.16. The van der Waals surface area contributed by atoms with Crippen LogP contribution < -0.4 is 10.6 Å². The molecule has 0 unspecified atom stereocenters. The van der Waals surface area contributed by atoms with Crippen LogP contribution in [0.2, 0.25) is 0 Å². The molecule has 2 bridgehead atoms. The number of carbonyl (C=O) groups is 3. The number of benzene rings is 1. The molecule has 14 heteroatoms. The quantitative estimate of drug-likeness (QED) is 0.371. The Morgan fingerprint density at radius 1 is 0.950 bits per heavy atom. The van der Waals surface area contributed by atoms with Crippen molar-refractivity contribution in [3.63, 3.8) is 0 Å². The highest BCUT2D eigenvalue weighted by Crippen LogP contribution is 2.56. The maximum Gasteiger partial charge on any atom is 0.419 e. The fourth-order valence-corrected chi connectivity index (χ4v) is 5.59. The van der Waals surface area contributed by atoms with Crippen LogP contribution in [-0.4, -0.2) is 44.0 Å². The minimum atomic E-state index is -4.92. The third kappa shape index (κ3) is 4.97. The SMILES string of the molecule is O=C(NCc1ccc(F)c(C(F)(F)F)c1)c1cc(C(=O)NCC23CCC(C(=O)O)(CC2)CC3)n2ncc(F)c2n1. The number of carboxylic acids is 1. The van der Waals surface area contributed by atoms with Gasteiger partial charge in [0.15, 0.2) is 11.5 Å². The summed E-state index contributed by atoms with van der Waals surface area (Å²) in [6.07, 6.45) is -0.643. The van der Waals surface area contributed by atoms with Gasteiger partial charge in [0, 0.05) is 19.2 Å². The molecule has 3 saturated carbocycles. The Hall–Kier alpha value is -4.10. The molecule has 40 heavy (non-hydrogen) atoms. The molecule has 3 aromatic rings. The second-order valence-electron chi connectivity index (χ2n) is 10.5. The number of carboxylic acid groups (broad SMARTS) is 1. The Bertz CT molecular complexity index is 1490. The van der Waals surface area contributed by atoms with Crippen molar-refractivity contribution in [3.05, 3.63) is 64.6 Å². The van der Waals surface area contributed by atoms with Crippen LogP contribution in [0.1, 0.15) is 70.6 Å². The first kappa shape index (κ1) is 27.5. The monoisotopic (exact) mass is 565 g/mol. The van der Waals surface area contributed by atoms with E-state index >= 15 is 0 Å². The molecule has 1 aromatic carbocycles. The lowest BCUT2D eigenvalue weighted by atomic mass is 9.53. The van der Waals surface area contributed by atoms with E-state index in [9.17, 15) is 41.4 Å². The summed E-state index contributed by atoms with van der Waals surface area (Å²) in [6.45, 7) is -0.165. The lowest BCUT2D eigenvalue weighted by molar-refractivity contribution is -0.158. The summed E-state index contributed by atoms with van der Waals surface area (Å²) in [5, 5.41) is 18.6. The van der Waals surface area contributed by atoms with E-state index in [-0.39, 0.29) is 28.9 Å². The molecule has 9 nitrogen and oxygen atoms in total. The van der Waals surface area contributed by atoms with Crippen molar-refractivity contribution >= 4 is 23.4 Å². The Morgan fingerprint density at radius 2 is 1.62 bits per heavy atom. The van der Waals surface area contributed by atoms with Crippen molar-refractivity contribution in [2.45, 2.75) is 51.2 Å². The number of aliphatic carboxylic acids is 1. The van der Waals surface area contributed by atoms with Gasteiger partial charge in [-0.3, -0.25) is 14.4 Å². The van der Waals surface area contributed by atoms with Gasteiger partial charge in [0.25, 0.3) is 11.8 Å². The van der Waals surface area contributed by atoms with Crippen LogP contribution in [0, 0.1) is 22.5 Å². The van der Waals surface area contributed by atoms with Crippen LogP contribution in [0.5, 0.6) is 0 Å². The standard InChI is InChI=1S/C26H24F5N5O4/c27-16-2-1-14(9-15(16)26(29,30)31)11-32-21(37)18-10-19(36-20(35-18)17(28)12-34-36)22(38)33-13-24-3-6-25(7-4-24,8-5-24)23(39)40/h1-2,9-10,12H,3-8,11,13H2,(H,32,37)(H,33,38)(H,39,40). The first-order chi connectivity index (χ1) is 18.8. The molecule has 0 aliphatic heterocycles. The largest absolute Gasteiger partial charge is 0.481 e. The van der Waals surface area contributed by atoms with Crippen molar-refractivity contribution in [2.24, 2.45) is 10.8 Å². The molecule has 3 aliphatic carbocycles. The number of aromatic nitrogens is 3. The Morgan fingerprint density at radius 3 is 2.25 bits per heavy atom. The number of halogens is 5. The van der Waals surface area contributed by atoms with Crippen molar-refractivity contribution in [1.29, 1.82) is 0 Å². The van der Waals surface area contributed by atoms with Gasteiger partial charge in [0.05, 0.1) is 17.2 Å². The average Bonchev–Trinajstić information content (AvgIpc) is 3.31. The molecule has 3 fully saturated rings. The van der Waals surface area contributed by atoms with Gasteiger partial charge in [-0.05, 0) is 61.6 Å². The van der Waals surface area contributed by atoms with E-state index in [1.54, 1.807) is 0 Å². The minimum absolute atomic E-state index is 0.0391. The first-order valence-electron chi connectivity index (χ1n) is 12.5. The van der Waals surface area contributed by atoms with Crippen LogP contribution in [0.4, 0.5) is 22.0 Å². The summed E-state index contributed by atoms with van der Waals surface area (Å²) in [7, 11) is 0. The molecule has 6 rings (SSSR count). The maximum absolute atomic E-state index is 14.4. The van der Waals surface area contributed by atoms with Crippen molar-refractivity contribution in [3.8, 4) is 0 Å². The zero-order valence-corrected chi connectivity index (χ0v) is 20.9. The summed E-state index contributed by atoms with van der Waals surface area (Å²) in [6, 6.07) is 3.37. The van der Waals surface area contributed by atoms with E-state index in [2.05, 4.69) is 20.7 Å². The Kier molecular flexibility index (Phi) is 6.74. The predicted molar refractivity (Wildman–Crippen MR) is 128 cm³/mol. The van der Waals surface area contributed by atoms with Crippen molar-refractivity contribution in [2.75, 3.05) is 6.54 Å². The predicted octanol–water partition coefficient (Wildman–Crippen LogP) is 4.11. The summed E-state index contributed by atoms with van der Waals surface area (Å²) >= 11 is 0. The molecule has 212 valence electrons. The molecule has 0 spiro atoms. The van der Waals surface area contributed by atoms with Crippen LogP contribution in [0.3, 0.4) is 0 Å². The number of alkyl halides is 3. The number of hydrogen-bond donors (Lipinski definition) is 3. The second kappa shape index (κ2) is 9.82. The van der Waals surface area contributed by atoms with Crippen LogP contribution in [-0.2, 0) is 17.5 Å². The van der Waals surface area contributed by atoms with Gasteiger partial charge in [0.2, 0.25) is 0 Å². The Labute approximate surface area is 223 Å². The smallest absolute Gasteiger partial charge is 0.419 e. The summed E-state index contributed by atoms with van der Waals surface area (Å²) in [5.74, 6) is -4.72. The summed E-state index contributed by atoms with van der Waals surface area (Å²) in [5.41, 5.74) is -3.47. The zero-order chi connectivity index (χ0) is 28.9. The number of nitrogens with zero attached hydrogens (tertiary/aromatic N) is 3. The number of amides is 2. The normalized spacial score (nSPS) is 22.3. The number of rotatable bonds is 7. The molecule has 0 radical (unpaired) electrons. The van der Waals surface area contributed by atoms with Crippen LogP contribution >= 0.6 is 0 Å². The van der Waals surface area contributed by atoms with Gasteiger partial charge in [-0.2, -0.15) is 18.3 Å². The van der Waals surface area contributed by atoms with Crippen LogP contribution in [0.15, 0.2) is 30.5 Å². The lowest BCUT2D eigenvalue weighted by Gasteiger charge is -2.51. The van der Waals surface area contributed by atoms with E-state index in [1.165, 1.54) is 0 Å². The minimum Gasteiger partial charge on any atom is -0.481 e. The highest BCUT2D eigenvalue weighted by Gasteiger charge is 2.52. The van der Waals surface area contributed by atoms with Gasteiger partial charge in [-0.25, -0.2) is 18.3 Å². The first-order valence-corrected chi connectivity index (χ1v) is 12.5. The molecule has 2 heterocycles. The van der Waals surface area contributed by atoms with Crippen LogP contribution in [0.25, 0.3) is 5.65 Å². The number of hydrogen-bond acceptors (Lipinski definition) is 5. The van der Waals surface area contributed by atoms with Gasteiger partial charge < -0.3 is 15.7 Å². The topological polar surface area (TPSA) is 126 Å². The molecule has 2 amide bonds. The molecule has 3 N–H and O–H groups in total. The highest BCUT2D eigenvalue weighted by atomic mass is 19.4. The average molecular weight is 565 g/mol. The highest BCUT2D eigenvalue weighted by molar-refractivity contribution is 5.98. The number of carbonyl (C=O) groups excluding carboxylic acids is 2. The summed E-state index contributed by atoms with van der Waals surface area (Å²) < 4.78 is 67.9. The van der Waals surface area contributed by atoms with Gasteiger partial charge in [-0.1, -0.05) is 6.07 Å². The molecule has 3 aliphatic rings. The molecular formula is C26H24F5N5O4. The van der Waals surface area contributed by atoms with E-state index < -0.39 is 58.8 Å². The maximum atomic E-state index is 14.4. The van der Waals surface area contributed by atoms with E-state index in [0.717, 1.165) is 22.8 Å². The van der Waals surface area contributed by atoms with Crippen molar-refractivity contribution in [1.82, 2.24) is 25.2 Å². The van der Waals surface area contributed by atoms with E-state index in [4.69, 9.17) is 0 Å². The molecular weight excluding hydrogens is 541 g/mol. The van der Waals surface area contributed by atoms with Gasteiger partial charge in [0.1, 0.15) is 17.2 Å². The molecule has 0 saturated heterocycles. The second-order valence-corrected chi connectivity index (χ2v) is 10.5. The van der Waals surface area contributed by atoms with Crippen molar-refractivity contribution < 1.29 is 41.4 Å².